The maximum absolute atomic E-state index is 12.2. The second-order valence-corrected chi connectivity index (χ2v) is 7.42. The number of anilines is 3. The Kier molecular flexibility index (Phi) is 5.07. The van der Waals surface area contributed by atoms with Gasteiger partial charge in [-0.3, -0.25) is 4.79 Å². The van der Waals surface area contributed by atoms with Gasteiger partial charge in [-0.2, -0.15) is 0 Å². The largest absolute Gasteiger partial charge is 0.495 e. The van der Waals surface area contributed by atoms with Crippen LogP contribution in [0.15, 0.2) is 53.9 Å². The summed E-state index contributed by atoms with van der Waals surface area (Å²) < 4.78 is 5.37. The smallest absolute Gasteiger partial charge is 0.227 e. The summed E-state index contributed by atoms with van der Waals surface area (Å²) in [5.74, 6) is 1.06. The third kappa shape index (κ3) is 3.95. The molecule has 0 saturated heterocycles. The Balaban J connectivity index is 1.49. The molecule has 2 N–H and O–H groups in total. The predicted octanol–water partition coefficient (Wildman–Crippen LogP) is 5.30. The highest BCUT2D eigenvalue weighted by atomic mass is 32.1. The Hall–Kier alpha value is -2.86. The van der Waals surface area contributed by atoms with Crippen LogP contribution in [-0.4, -0.2) is 18.0 Å². The minimum absolute atomic E-state index is 0.121. The summed E-state index contributed by atoms with van der Waals surface area (Å²) in [6, 6.07) is 15.6. The van der Waals surface area contributed by atoms with Crippen molar-refractivity contribution in [1.82, 2.24) is 4.98 Å². The predicted molar refractivity (Wildman–Crippen MR) is 110 cm³/mol. The molecule has 6 heteroatoms. The molecule has 0 atom stereocenters. The number of ether oxygens (including phenoxy) is 1. The number of carbonyl (C=O) groups excluding carboxylic acids is 1. The Labute approximate surface area is 162 Å². The molecular formula is C21H21N3O2S. The van der Waals surface area contributed by atoms with Gasteiger partial charge < -0.3 is 15.4 Å². The number of carbonyl (C=O) groups is 1. The number of aromatic nitrogens is 1. The number of methoxy groups -OCH3 is 1. The van der Waals surface area contributed by atoms with Crippen molar-refractivity contribution in [2.45, 2.75) is 19.3 Å². The summed E-state index contributed by atoms with van der Waals surface area (Å²) in [6.07, 6.45) is 3.14. The number of nitrogens with zero attached hydrogens (tertiary/aromatic N) is 1. The van der Waals surface area contributed by atoms with Gasteiger partial charge in [0.25, 0.3) is 0 Å². The zero-order valence-corrected chi connectivity index (χ0v) is 15.9. The maximum Gasteiger partial charge on any atom is 0.227 e. The van der Waals surface area contributed by atoms with Crippen LogP contribution in [0.4, 0.5) is 16.5 Å². The fourth-order valence-corrected chi connectivity index (χ4v) is 3.73. The van der Waals surface area contributed by atoms with Crippen LogP contribution in [0.3, 0.4) is 0 Å². The molecule has 1 heterocycles. The molecule has 1 aromatic heterocycles. The highest BCUT2D eigenvalue weighted by Gasteiger charge is 2.25. The van der Waals surface area contributed by atoms with Crippen molar-refractivity contribution in [2.75, 3.05) is 17.7 Å². The van der Waals surface area contributed by atoms with E-state index in [2.05, 4.69) is 15.6 Å². The van der Waals surface area contributed by atoms with Gasteiger partial charge in [-0.15, -0.1) is 11.3 Å². The summed E-state index contributed by atoms with van der Waals surface area (Å²) in [6.45, 7) is 0. The first-order chi connectivity index (χ1) is 13.2. The summed E-state index contributed by atoms with van der Waals surface area (Å²) in [7, 11) is 1.65. The van der Waals surface area contributed by atoms with Crippen LogP contribution in [0.2, 0.25) is 0 Å². The second-order valence-electron chi connectivity index (χ2n) is 6.56. The molecule has 0 radical (unpaired) electrons. The van der Waals surface area contributed by atoms with Crippen molar-refractivity contribution < 1.29 is 9.53 Å². The van der Waals surface area contributed by atoms with Crippen LogP contribution in [0.25, 0.3) is 11.3 Å². The van der Waals surface area contributed by atoms with E-state index in [0.717, 1.165) is 52.8 Å². The number of amides is 1. The first-order valence-electron chi connectivity index (χ1n) is 9.00. The number of thiazole rings is 1. The average Bonchev–Trinajstić information content (AvgIpc) is 3.09. The molecular weight excluding hydrogens is 358 g/mol. The lowest BCUT2D eigenvalue weighted by atomic mass is 9.85. The molecule has 1 aliphatic carbocycles. The molecule has 1 amide bonds. The van der Waals surface area contributed by atoms with Crippen LogP contribution in [0, 0.1) is 5.92 Å². The third-order valence-corrected chi connectivity index (χ3v) is 5.51. The first-order valence-corrected chi connectivity index (χ1v) is 9.88. The number of para-hydroxylation sites is 2. The number of hydrogen-bond acceptors (Lipinski definition) is 5. The number of rotatable bonds is 6. The van der Waals surface area contributed by atoms with Gasteiger partial charge in [0.2, 0.25) is 5.91 Å². The highest BCUT2D eigenvalue weighted by molar-refractivity contribution is 7.14. The van der Waals surface area contributed by atoms with E-state index < -0.39 is 0 Å². The van der Waals surface area contributed by atoms with Gasteiger partial charge in [0.15, 0.2) is 5.13 Å². The third-order valence-electron chi connectivity index (χ3n) is 4.75. The molecule has 4 rings (SSSR count). The van der Waals surface area contributed by atoms with Crippen LogP contribution >= 0.6 is 11.3 Å². The first kappa shape index (κ1) is 17.5. The van der Waals surface area contributed by atoms with Crippen molar-refractivity contribution in [3.05, 3.63) is 53.9 Å². The van der Waals surface area contributed by atoms with Gasteiger partial charge in [0.05, 0.1) is 18.5 Å². The average molecular weight is 379 g/mol. The molecule has 2 aromatic carbocycles. The quantitative estimate of drug-likeness (QED) is 0.610. The highest BCUT2D eigenvalue weighted by Crippen LogP contribution is 2.32. The van der Waals surface area contributed by atoms with E-state index in [1.54, 1.807) is 7.11 Å². The van der Waals surface area contributed by atoms with Crippen molar-refractivity contribution in [3.63, 3.8) is 0 Å². The fourth-order valence-electron chi connectivity index (χ4n) is 3.00. The number of nitrogens with one attached hydrogen (secondary N) is 2. The molecule has 27 heavy (non-hydrogen) atoms. The van der Waals surface area contributed by atoms with E-state index in [-0.39, 0.29) is 11.8 Å². The fraction of sp³-hybridized carbons (Fsp3) is 0.238. The Bertz CT molecular complexity index is 950. The summed E-state index contributed by atoms with van der Waals surface area (Å²) >= 11 is 1.53. The van der Waals surface area contributed by atoms with E-state index in [9.17, 15) is 4.79 Å². The van der Waals surface area contributed by atoms with Crippen molar-refractivity contribution >= 4 is 33.8 Å². The van der Waals surface area contributed by atoms with E-state index >= 15 is 0 Å². The van der Waals surface area contributed by atoms with E-state index in [0.29, 0.717) is 0 Å². The van der Waals surface area contributed by atoms with Crippen LogP contribution in [-0.2, 0) is 4.79 Å². The Morgan fingerprint density at radius 2 is 2.04 bits per heavy atom. The van der Waals surface area contributed by atoms with E-state index in [1.807, 2.05) is 53.9 Å². The summed E-state index contributed by atoms with van der Waals surface area (Å²) in [4.78, 5) is 16.8. The van der Waals surface area contributed by atoms with Gasteiger partial charge in [-0.05, 0) is 37.1 Å². The molecule has 0 bridgehead atoms. The van der Waals surface area contributed by atoms with Crippen LogP contribution < -0.4 is 15.4 Å². The van der Waals surface area contributed by atoms with Gasteiger partial charge in [-0.1, -0.05) is 30.7 Å². The minimum atomic E-state index is 0.121. The molecule has 0 unspecified atom stereocenters. The summed E-state index contributed by atoms with van der Waals surface area (Å²) in [5.41, 5.74) is 3.54. The number of hydrogen-bond donors (Lipinski definition) is 2. The normalized spacial score (nSPS) is 13.7. The zero-order valence-electron chi connectivity index (χ0n) is 15.1. The molecule has 1 fully saturated rings. The molecule has 0 aliphatic heterocycles. The maximum atomic E-state index is 12.2. The molecule has 0 spiro atoms. The van der Waals surface area contributed by atoms with E-state index in [1.165, 1.54) is 11.3 Å². The molecule has 1 saturated carbocycles. The molecule has 1 aliphatic rings. The summed E-state index contributed by atoms with van der Waals surface area (Å²) in [5, 5.41) is 9.12. The van der Waals surface area contributed by atoms with Gasteiger partial charge in [0, 0.05) is 22.5 Å². The zero-order chi connectivity index (χ0) is 18.6. The Morgan fingerprint density at radius 1 is 1.19 bits per heavy atom. The van der Waals surface area contributed by atoms with Gasteiger partial charge >= 0.3 is 0 Å². The molecule has 3 aromatic rings. The molecule has 5 nitrogen and oxygen atoms in total. The van der Waals surface area contributed by atoms with Crippen LogP contribution in [0.5, 0.6) is 5.75 Å². The second kappa shape index (κ2) is 7.80. The Morgan fingerprint density at radius 3 is 2.81 bits per heavy atom. The lowest BCUT2D eigenvalue weighted by Gasteiger charge is -2.24. The molecule has 138 valence electrons. The monoisotopic (exact) mass is 379 g/mol. The SMILES string of the molecule is COc1ccccc1Nc1nc(-c2cccc(NC(=O)C3CCC3)c2)cs1. The number of benzene rings is 2. The standard InChI is InChI=1S/C21H21N3O2S/c1-26-19-11-3-2-10-17(19)23-21-24-18(13-27-21)15-8-5-9-16(12-15)22-20(25)14-6-4-7-14/h2-3,5,8-14H,4,6-7H2,1H3,(H,22,25)(H,23,24). The lowest BCUT2D eigenvalue weighted by molar-refractivity contribution is -0.122. The van der Waals surface area contributed by atoms with Crippen molar-refractivity contribution in [3.8, 4) is 17.0 Å². The topological polar surface area (TPSA) is 63.2 Å². The van der Waals surface area contributed by atoms with Crippen molar-refractivity contribution in [2.24, 2.45) is 5.92 Å². The van der Waals surface area contributed by atoms with E-state index in [4.69, 9.17) is 4.74 Å². The lowest BCUT2D eigenvalue weighted by Crippen LogP contribution is -2.27. The van der Waals surface area contributed by atoms with Crippen molar-refractivity contribution in [1.29, 1.82) is 0 Å². The van der Waals surface area contributed by atoms with Crippen LogP contribution in [0.1, 0.15) is 19.3 Å². The van der Waals surface area contributed by atoms with Gasteiger partial charge in [0.1, 0.15) is 5.75 Å². The van der Waals surface area contributed by atoms with Gasteiger partial charge in [-0.25, -0.2) is 4.98 Å². The minimum Gasteiger partial charge on any atom is -0.495 e.